The molecule has 0 N–H and O–H groups in total. The lowest BCUT2D eigenvalue weighted by molar-refractivity contribution is 0.660. The molecule has 13 aromatic carbocycles. The molecule has 0 saturated carbocycles. The molecule has 0 saturated heterocycles. The van der Waals surface area contributed by atoms with Crippen LogP contribution in [0.1, 0.15) is 48.6 Å². The van der Waals surface area contributed by atoms with E-state index in [1.54, 1.807) is 0 Å². The molecule has 76 heavy (non-hydrogen) atoms. The van der Waals surface area contributed by atoms with Gasteiger partial charge in [0.15, 0.2) is 0 Å². The smallest absolute Gasteiger partial charge is 0.0623 e. The predicted octanol–water partition coefficient (Wildman–Crippen LogP) is 18.9. The van der Waals surface area contributed by atoms with E-state index in [4.69, 9.17) is 0 Å². The highest BCUT2D eigenvalue weighted by Gasteiger charge is 2.43. The van der Waals surface area contributed by atoms with Crippen molar-refractivity contribution in [1.82, 2.24) is 0 Å². The molecular weight excluding hydrogens is 929 g/mol. The van der Waals surface area contributed by atoms with Crippen LogP contribution in [0.5, 0.6) is 0 Å². The molecule has 1 aliphatic heterocycles. The van der Waals surface area contributed by atoms with E-state index in [1.807, 2.05) is 0 Å². The summed E-state index contributed by atoms with van der Waals surface area (Å²) in [4.78, 5) is 0. The van der Waals surface area contributed by atoms with Gasteiger partial charge < -0.3 is 0 Å². The van der Waals surface area contributed by atoms with Gasteiger partial charge in [-0.15, -0.1) is 0 Å². The van der Waals surface area contributed by atoms with Crippen LogP contribution < -0.4 is 10.4 Å². The normalized spacial score (nSPS) is 16.5. The minimum Gasteiger partial charge on any atom is -0.0623 e. The van der Waals surface area contributed by atoms with Crippen molar-refractivity contribution in [2.45, 2.75) is 44.7 Å². The highest BCUT2D eigenvalue weighted by atomic mass is 28.3. The second-order valence-corrected chi connectivity index (χ2v) is 27.9. The van der Waals surface area contributed by atoms with Gasteiger partial charge >= 0.3 is 0 Å². The molecule has 13 aromatic rings. The van der Waals surface area contributed by atoms with Crippen LogP contribution in [0, 0.1) is 0 Å². The predicted molar refractivity (Wildman–Crippen MR) is 326 cm³/mol. The van der Waals surface area contributed by atoms with E-state index in [-0.39, 0.29) is 5.41 Å². The maximum absolute atomic E-state index is 2.68. The Hall–Kier alpha value is -8.62. The van der Waals surface area contributed by atoms with Crippen LogP contribution in [0.2, 0.25) is 13.1 Å². The Morgan fingerprint density at radius 2 is 0.750 bits per heavy atom. The first-order valence-corrected chi connectivity index (χ1v) is 30.2. The van der Waals surface area contributed by atoms with Gasteiger partial charge in [0.1, 0.15) is 8.07 Å². The highest BCUT2D eigenvalue weighted by molar-refractivity contribution is 7.04. The fourth-order valence-corrected chi connectivity index (χ4v) is 18.6. The summed E-state index contributed by atoms with van der Waals surface area (Å²) in [6, 6.07) is 87.9. The zero-order valence-electron chi connectivity index (χ0n) is 43.4. The van der Waals surface area contributed by atoms with Crippen LogP contribution in [-0.4, -0.2) is 8.07 Å². The Morgan fingerprint density at radius 1 is 0.276 bits per heavy atom. The summed E-state index contributed by atoms with van der Waals surface area (Å²) in [7, 11) is -2.10. The standard InChI is InChI=1S/C75H52Si/c1-74(2)64-23-13-10-18-50(64)52-32-28-47(38-66(52)74)72-57-34-30-46-37-60(57)73(63-42-69-59(41-62(63)72)54-20-12-15-25-68(54)76(69,4)5)48-29-33-53-51-19-11-14-24-65(51)75(3,67(53)39-48)49-31-35-58-61(40-49)71(46)56-22-9-8-21-55(56)70(58)45-27-26-43-16-6-7-17-44(43)36-45/h6-42H,1-5H3. The Balaban J connectivity index is 1.06. The number of fused-ring (bicyclic) bond motifs is 20. The SMILES string of the molecule is CC1(C)c2ccccc2-c2ccc(-c3c4ccc5cc4c(c4cc6c(cc34)-c3ccccc3[Si]6(C)C)-c3ccc4c(c3)C(C)(c3ccc6c(-c7ccc8ccccc8c7)c7ccccc7c-5c6c3)c3ccccc3-4)cc21. The summed E-state index contributed by atoms with van der Waals surface area (Å²) in [5, 5.41) is 15.9. The lowest BCUT2D eigenvalue weighted by Crippen LogP contribution is -2.49. The van der Waals surface area contributed by atoms with E-state index in [1.165, 1.54) is 170 Å². The molecule has 0 spiro atoms. The van der Waals surface area contributed by atoms with Crippen LogP contribution in [-0.2, 0) is 10.8 Å². The summed E-state index contributed by atoms with van der Waals surface area (Å²) in [6.45, 7) is 12.5. The molecule has 4 aliphatic rings. The van der Waals surface area contributed by atoms with Gasteiger partial charge in [-0.1, -0.05) is 215 Å². The Bertz CT molecular complexity index is 4830. The first-order valence-electron chi connectivity index (χ1n) is 27.2. The fraction of sp³-hybridized carbons (Fsp3) is 0.0933. The lowest BCUT2D eigenvalue weighted by atomic mass is 9.72. The number of hydrogen-bond acceptors (Lipinski definition) is 0. The zero-order chi connectivity index (χ0) is 50.6. The summed E-state index contributed by atoms with van der Waals surface area (Å²) in [5.74, 6) is 0. The molecule has 1 heteroatoms. The quantitative estimate of drug-likeness (QED) is 0.120. The summed E-state index contributed by atoms with van der Waals surface area (Å²) < 4.78 is 0. The molecule has 0 fully saturated rings. The van der Waals surface area contributed by atoms with Crippen LogP contribution >= 0.6 is 0 Å². The van der Waals surface area contributed by atoms with Crippen molar-refractivity contribution in [3.05, 3.63) is 252 Å². The van der Waals surface area contributed by atoms with Crippen molar-refractivity contribution in [3.63, 3.8) is 0 Å². The average Bonchev–Trinajstić information content (AvgIpc) is 4.14. The van der Waals surface area contributed by atoms with E-state index < -0.39 is 13.5 Å². The van der Waals surface area contributed by atoms with E-state index >= 15 is 0 Å². The second kappa shape index (κ2) is 14.6. The molecule has 1 unspecified atom stereocenters. The van der Waals surface area contributed by atoms with Crippen LogP contribution in [0.4, 0.5) is 0 Å². The Labute approximate surface area is 444 Å². The topological polar surface area (TPSA) is 0 Å². The maximum Gasteiger partial charge on any atom is 0.113 e. The minimum atomic E-state index is -2.10. The maximum atomic E-state index is 2.68. The third kappa shape index (κ3) is 5.33. The van der Waals surface area contributed by atoms with Gasteiger partial charge in [0, 0.05) is 10.8 Å². The fourth-order valence-electron chi connectivity index (χ4n) is 15.5. The largest absolute Gasteiger partial charge is 0.113 e. The average molecular weight is 981 g/mol. The van der Waals surface area contributed by atoms with E-state index in [0.717, 1.165) is 0 Å². The van der Waals surface area contributed by atoms with Crippen molar-refractivity contribution in [2.24, 2.45) is 0 Å². The first-order chi connectivity index (χ1) is 37.1. The van der Waals surface area contributed by atoms with E-state index in [2.05, 4.69) is 258 Å². The molecule has 1 heterocycles. The highest BCUT2D eigenvalue weighted by Crippen LogP contribution is 2.58. The van der Waals surface area contributed by atoms with Gasteiger partial charge in [-0.25, -0.2) is 0 Å². The number of hydrogen-bond donors (Lipinski definition) is 0. The van der Waals surface area contributed by atoms with Gasteiger partial charge in [0.2, 0.25) is 0 Å². The molecule has 356 valence electrons. The first kappa shape index (κ1) is 42.7. The van der Waals surface area contributed by atoms with Crippen LogP contribution in [0.3, 0.4) is 0 Å². The lowest BCUT2D eigenvalue weighted by Gasteiger charge is -2.30. The van der Waals surface area contributed by atoms with E-state index in [9.17, 15) is 0 Å². The molecule has 1 atom stereocenters. The van der Waals surface area contributed by atoms with Crippen LogP contribution in [0.25, 0.3) is 132 Å². The van der Waals surface area contributed by atoms with Gasteiger partial charge in [-0.3, -0.25) is 0 Å². The van der Waals surface area contributed by atoms with Crippen molar-refractivity contribution in [1.29, 1.82) is 0 Å². The van der Waals surface area contributed by atoms with Gasteiger partial charge in [0.25, 0.3) is 0 Å². The minimum absolute atomic E-state index is 0.140. The van der Waals surface area contributed by atoms with E-state index in [0.29, 0.717) is 0 Å². The Morgan fingerprint density at radius 3 is 1.51 bits per heavy atom. The molecule has 3 aliphatic carbocycles. The summed E-state index contributed by atoms with van der Waals surface area (Å²) in [5.41, 5.74) is 24.7. The molecule has 17 rings (SSSR count). The molecule has 0 radical (unpaired) electrons. The summed E-state index contributed by atoms with van der Waals surface area (Å²) >= 11 is 0. The second-order valence-electron chi connectivity index (χ2n) is 23.6. The van der Waals surface area contributed by atoms with Crippen molar-refractivity contribution >= 4 is 72.3 Å². The monoisotopic (exact) mass is 980 g/mol. The molecule has 0 aromatic heterocycles. The van der Waals surface area contributed by atoms with Gasteiger partial charge in [-0.05, 0) is 213 Å². The van der Waals surface area contributed by atoms with Crippen molar-refractivity contribution < 1.29 is 0 Å². The molecule has 0 amide bonds. The van der Waals surface area contributed by atoms with Gasteiger partial charge in [0.05, 0.1) is 0 Å². The number of rotatable bonds is 2. The molecular formula is C75H52Si. The molecule has 6 bridgehead atoms. The molecule has 0 nitrogen and oxygen atoms in total. The third-order valence-corrected chi connectivity index (χ3v) is 22.8. The van der Waals surface area contributed by atoms with Gasteiger partial charge in [-0.2, -0.15) is 0 Å². The van der Waals surface area contributed by atoms with Crippen molar-refractivity contribution in [3.8, 4) is 77.9 Å². The third-order valence-electron chi connectivity index (χ3n) is 19.2. The van der Waals surface area contributed by atoms with Crippen molar-refractivity contribution in [2.75, 3.05) is 0 Å². The Kier molecular flexibility index (Phi) is 8.21. The van der Waals surface area contributed by atoms with Crippen LogP contribution in [0.15, 0.2) is 224 Å². The zero-order valence-corrected chi connectivity index (χ0v) is 44.4. The number of benzene rings is 13. The summed E-state index contributed by atoms with van der Waals surface area (Å²) in [6.07, 6.45) is 0.